The van der Waals surface area contributed by atoms with Crippen LogP contribution in [0, 0.1) is 0 Å². The van der Waals surface area contributed by atoms with E-state index in [1.165, 1.54) is 18.2 Å². The molecule has 1 amide bonds. The van der Waals surface area contributed by atoms with E-state index in [0.29, 0.717) is 16.1 Å². The molecule has 26 heavy (non-hydrogen) atoms. The Balaban J connectivity index is 1.95. The number of rotatable bonds is 5. The van der Waals surface area contributed by atoms with Gasteiger partial charge in [0.05, 0.1) is 16.2 Å². The summed E-state index contributed by atoms with van der Waals surface area (Å²) in [6.45, 7) is 7.69. The van der Waals surface area contributed by atoms with Crippen molar-refractivity contribution in [3.63, 3.8) is 0 Å². The number of benzene rings is 1. The average molecular weight is 374 g/mol. The highest BCUT2D eigenvalue weighted by Gasteiger charge is 2.25. The van der Waals surface area contributed by atoms with Gasteiger partial charge >= 0.3 is 0 Å². The Kier molecular flexibility index (Phi) is 6.01. The molecule has 0 radical (unpaired) electrons. The molecule has 1 aromatic carbocycles. The minimum absolute atomic E-state index is 0.0231. The highest BCUT2D eigenvalue weighted by molar-refractivity contribution is 8.00. The van der Waals surface area contributed by atoms with Gasteiger partial charge < -0.3 is 4.90 Å². The minimum Gasteiger partial charge on any atom is -0.342 e. The van der Waals surface area contributed by atoms with Gasteiger partial charge in [0, 0.05) is 19.1 Å². The number of piperidine rings is 1. The number of para-hydroxylation sites is 1. The molecule has 0 unspecified atom stereocenters. The Morgan fingerprint density at radius 2 is 1.88 bits per heavy atom. The number of thioether (sulfide) groups is 1. The predicted octanol–water partition coefficient (Wildman–Crippen LogP) is 3.86. The predicted molar refractivity (Wildman–Crippen MR) is 107 cm³/mol. The normalized spacial score (nSPS) is 17.3. The van der Waals surface area contributed by atoms with Gasteiger partial charge in [-0.05, 0) is 51.7 Å². The number of amides is 1. The van der Waals surface area contributed by atoms with Gasteiger partial charge in [-0.1, -0.05) is 30.8 Å². The average Bonchev–Trinajstić information content (AvgIpc) is 2.67. The lowest BCUT2D eigenvalue weighted by Crippen LogP contribution is -2.40. The first-order valence-electron chi connectivity index (χ1n) is 9.49. The molecule has 140 valence electrons. The van der Waals surface area contributed by atoms with Crippen molar-refractivity contribution in [2.75, 3.05) is 13.1 Å². The van der Waals surface area contributed by atoms with Crippen molar-refractivity contribution >= 4 is 28.6 Å². The lowest BCUT2D eigenvalue weighted by Gasteiger charge is -2.29. The van der Waals surface area contributed by atoms with Gasteiger partial charge in [-0.3, -0.25) is 14.2 Å². The molecule has 0 aliphatic carbocycles. The van der Waals surface area contributed by atoms with Crippen molar-refractivity contribution in [3.05, 3.63) is 34.6 Å². The van der Waals surface area contributed by atoms with E-state index in [0.717, 1.165) is 32.4 Å². The molecule has 5 nitrogen and oxygen atoms in total. The van der Waals surface area contributed by atoms with Crippen LogP contribution >= 0.6 is 11.8 Å². The van der Waals surface area contributed by atoms with Gasteiger partial charge in [-0.25, -0.2) is 4.98 Å². The summed E-state index contributed by atoms with van der Waals surface area (Å²) in [5.41, 5.74) is 0.669. The van der Waals surface area contributed by atoms with Crippen LogP contribution in [0.3, 0.4) is 0 Å². The largest absolute Gasteiger partial charge is 0.342 e. The third-order valence-electron chi connectivity index (χ3n) is 5.10. The summed E-state index contributed by atoms with van der Waals surface area (Å²) in [5.74, 6) is 0.146. The zero-order chi connectivity index (χ0) is 18.7. The van der Waals surface area contributed by atoms with Gasteiger partial charge in [0.15, 0.2) is 5.16 Å². The number of aromatic nitrogens is 2. The molecular formula is C20H27N3O2S. The third kappa shape index (κ3) is 3.80. The summed E-state index contributed by atoms with van der Waals surface area (Å²) < 4.78 is 1.76. The maximum absolute atomic E-state index is 13.0. The second-order valence-electron chi connectivity index (χ2n) is 6.99. The molecule has 1 aliphatic heterocycles. The van der Waals surface area contributed by atoms with Crippen LogP contribution in [0.25, 0.3) is 10.9 Å². The first-order chi connectivity index (χ1) is 12.5. The molecule has 2 aromatic rings. The lowest BCUT2D eigenvalue weighted by molar-refractivity contribution is -0.131. The van der Waals surface area contributed by atoms with Crippen LogP contribution in [0.1, 0.15) is 52.5 Å². The summed E-state index contributed by atoms with van der Waals surface area (Å²) in [6.07, 6.45) is 4.19. The number of carbonyl (C=O) groups excluding carboxylic acids is 1. The topological polar surface area (TPSA) is 55.2 Å². The summed E-state index contributed by atoms with van der Waals surface area (Å²) in [6, 6.07) is 7.47. The Hall–Kier alpha value is -1.82. The number of hydrogen-bond donors (Lipinski definition) is 0. The Morgan fingerprint density at radius 3 is 2.58 bits per heavy atom. The molecule has 6 heteroatoms. The smallest absolute Gasteiger partial charge is 0.262 e. The number of likely N-dealkylation sites (tertiary alicyclic amines) is 1. The second kappa shape index (κ2) is 8.25. The molecule has 0 bridgehead atoms. The van der Waals surface area contributed by atoms with E-state index in [1.54, 1.807) is 4.57 Å². The van der Waals surface area contributed by atoms with Gasteiger partial charge in [0.1, 0.15) is 0 Å². The zero-order valence-corrected chi connectivity index (χ0v) is 16.6. The molecule has 0 N–H and O–H groups in total. The van der Waals surface area contributed by atoms with E-state index in [-0.39, 0.29) is 22.8 Å². The molecule has 1 aliphatic rings. The van der Waals surface area contributed by atoms with E-state index < -0.39 is 0 Å². The van der Waals surface area contributed by atoms with E-state index >= 15 is 0 Å². The van der Waals surface area contributed by atoms with Gasteiger partial charge in [0.2, 0.25) is 5.91 Å². The van der Waals surface area contributed by atoms with E-state index in [2.05, 4.69) is 6.92 Å². The second-order valence-corrected chi connectivity index (χ2v) is 8.30. The molecule has 1 saturated heterocycles. The number of carbonyl (C=O) groups is 1. The maximum atomic E-state index is 13.0. The van der Waals surface area contributed by atoms with Crippen molar-refractivity contribution in [1.82, 2.24) is 14.5 Å². The molecule has 2 atom stereocenters. The summed E-state index contributed by atoms with van der Waals surface area (Å²) >= 11 is 1.41. The van der Waals surface area contributed by atoms with Crippen molar-refractivity contribution in [3.8, 4) is 0 Å². The fraction of sp³-hybridized carbons (Fsp3) is 0.550. The van der Waals surface area contributed by atoms with E-state index in [1.807, 2.05) is 43.0 Å². The van der Waals surface area contributed by atoms with Crippen LogP contribution in [-0.2, 0) is 4.79 Å². The first kappa shape index (κ1) is 19.0. The lowest BCUT2D eigenvalue weighted by atomic mass is 10.1. The van der Waals surface area contributed by atoms with Crippen molar-refractivity contribution < 1.29 is 4.79 Å². The Bertz CT molecular complexity index is 843. The Labute approximate surface area is 158 Å². The first-order valence-corrected chi connectivity index (χ1v) is 10.4. The van der Waals surface area contributed by atoms with Gasteiger partial charge in [-0.2, -0.15) is 0 Å². The van der Waals surface area contributed by atoms with Crippen LogP contribution in [0.4, 0.5) is 0 Å². The molecule has 1 aromatic heterocycles. The number of nitrogens with zero attached hydrogens (tertiary/aromatic N) is 3. The number of fused-ring (bicyclic) bond motifs is 1. The Morgan fingerprint density at radius 1 is 1.19 bits per heavy atom. The van der Waals surface area contributed by atoms with Crippen LogP contribution in [-0.4, -0.2) is 38.7 Å². The van der Waals surface area contributed by atoms with Crippen LogP contribution < -0.4 is 5.56 Å². The van der Waals surface area contributed by atoms with Crippen molar-refractivity contribution in [1.29, 1.82) is 0 Å². The fourth-order valence-corrected chi connectivity index (χ4v) is 4.45. The minimum atomic E-state index is -0.253. The highest BCUT2D eigenvalue weighted by Crippen LogP contribution is 2.27. The van der Waals surface area contributed by atoms with Crippen molar-refractivity contribution in [2.45, 2.75) is 62.9 Å². The molecular weight excluding hydrogens is 346 g/mol. The maximum Gasteiger partial charge on any atom is 0.262 e. The summed E-state index contributed by atoms with van der Waals surface area (Å²) in [5, 5.41) is 1.02. The monoisotopic (exact) mass is 373 g/mol. The zero-order valence-electron chi connectivity index (χ0n) is 15.8. The molecule has 1 fully saturated rings. The van der Waals surface area contributed by atoms with Crippen LogP contribution in [0.5, 0.6) is 0 Å². The quantitative estimate of drug-likeness (QED) is 0.590. The molecule has 2 heterocycles. The molecule has 0 saturated carbocycles. The van der Waals surface area contributed by atoms with E-state index in [9.17, 15) is 9.59 Å². The SMILES string of the molecule is CC[C@H](C)n1c(S[C@@H](C)C(=O)N2CCCCC2)nc2ccccc2c1=O. The number of hydrogen-bond acceptors (Lipinski definition) is 4. The summed E-state index contributed by atoms with van der Waals surface area (Å²) in [4.78, 5) is 32.5. The van der Waals surface area contributed by atoms with Crippen LogP contribution in [0.15, 0.2) is 34.2 Å². The third-order valence-corrected chi connectivity index (χ3v) is 6.16. The standard InChI is InChI=1S/C20H27N3O2S/c1-4-14(2)23-19(25)16-10-6-7-11-17(16)21-20(23)26-15(3)18(24)22-12-8-5-9-13-22/h6-7,10-11,14-15H,4-5,8-9,12-13H2,1-3H3/t14-,15-/m0/s1. The van der Waals surface area contributed by atoms with Crippen LogP contribution in [0.2, 0.25) is 0 Å². The van der Waals surface area contributed by atoms with Gasteiger partial charge in [-0.15, -0.1) is 0 Å². The molecule has 3 rings (SSSR count). The molecule has 0 spiro atoms. The summed E-state index contributed by atoms with van der Waals surface area (Å²) in [7, 11) is 0. The highest BCUT2D eigenvalue weighted by atomic mass is 32.2. The van der Waals surface area contributed by atoms with Gasteiger partial charge in [0.25, 0.3) is 5.56 Å². The van der Waals surface area contributed by atoms with E-state index in [4.69, 9.17) is 4.98 Å². The fourth-order valence-electron chi connectivity index (χ4n) is 3.36. The van der Waals surface area contributed by atoms with Crippen molar-refractivity contribution in [2.24, 2.45) is 0 Å².